The molecule has 0 unspecified atom stereocenters. The molecular formula is C18H33N3O2. The molecule has 132 valence electrons. The van der Waals surface area contributed by atoms with Crippen LogP contribution in [0.15, 0.2) is 0 Å². The lowest BCUT2D eigenvalue weighted by Crippen LogP contribution is -2.63. The molecule has 5 nitrogen and oxygen atoms in total. The predicted octanol–water partition coefficient (Wildman–Crippen LogP) is 2.06. The second kappa shape index (κ2) is 8.67. The molecule has 1 saturated carbocycles. The Morgan fingerprint density at radius 1 is 1.13 bits per heavy atom. The molecule has 2 aliphatic rings. The summed E-state index contributed by atoms with van der Waals surface area (Å²) in [4.78, 5) is 27.6. The molecule has 0 atom stereocenters. The van der Waals surface area contributed by atoms with E-state index >= 15 is 0 Å². The van der Waals surface area contributed by atoms with Crippen LogP contribution in [-0.4, -0.2) is 48.9 Å². The lowest BCUT2D eigenvalue weighted by atomic mass is 9.85. The third-order valence-electron chi connectivity index (χ3n) is 5.43. The zero-order chi connectivity index (χ0) is 16.7. The van der Waals surface area contributed by atoms with Crippen LogP contribution >= 0.6 is 0 Å². The van der Waals surface area contributed by atoms with Gasteiger partial charge in [-0.2, -0.15) is 0 Å². The highest BCUT2D eigenvalue weighted by Gasteiger charge is 2.43. The van der Waals surface area contributed by atoms with E-state index in [0.29, 0.717) is 19.4 Å². The zero-order valence-electron chi connectivity index (χ0n) is 14.8. The molecular weight excluding hydrogens is 290 g/mol. The highest BCUT2D eigenvalue weighted by Crippen LogP contribution is 2.28. The van der Waals surface area contributed by atoms with Gasteiger partial charge in [0.25, 0.3) is 0 Å². The van der Waals surface area contributed by atoms with Gasteiger partial charge in [-0.25, -0.2) is 0 Å². The topological polar surface area (TPSA) is 61.4 Å². The number of carbonyl (C=O) groups is 2. The van der Waals surface area contributed by atoms with Gasteiger partial charge in [-0.3, -0.25) is 9.59 Å². The lowest BCUT2D eigenvalue weighted by molar-refractivity contribution is -0.137. The quantitative estimate of drug-likeness (QED) is 0.705. The summed E-state index contributed by atoms with van der Waals surface area (Å²) in [6.45, 7) is 4.58. The van der Waals surface area contributed by atoms with Crippen molar-refractivity contribution < 1.29 is 9.59 Å². The maximum Gasteiger partial charge on any atom is 0.245 e. The Kier molecular flexibility index (Phi) is 6.88. The minimum atomic E-state index is -0.696. The van der Waals surface area contributed by atoms with Crippen LogP contribution in [0.25, 0.3) is 0 Å². The summed E-state index contributed by atoms with van der Waals surface area (Å²) in [6, 6.07) is 0. The summed E-state index contributed by atoms with van der Waals surface area (Å²) in [5, 5.41) is 6.22. The van der Waals surface area contributed by atoms with Crippen molar-refractivity contribution in [2.45, 2.75) is 70.3 Å². The Hall–Kier alpha value is -1.10. The molecule has 1 heterocycles. The van der Waals surface area contributed by atoms with E-state index in [0.717, 1.165) is 58.0 Å². The van der Waals surface area contributed by atoms with E-state index in [9.17, 15) is 9.59 Å². The first kappa shape index (κ1) is 18.2. The van der Waals surface area contributed by atoms with Gasteiger partial charge in [0.15, 0.2) is 0 Å². The number of amides is 2. The SMILES string of the molecule is CCCCCNC(=O)C1(NC(=O)C2CCCC2)CCN(C)CC1. The molecule has 0 radical (unpaired) electrons. The van der Waals surface area contributed by atoms with Crippen molar-refractivity contribution in [3.63, 3.8) is 0 Å². The molecule has 1 aliphatic carbocycles. The lowest BCUT2D eigenvalue weighted by Gasteiger charge is -2.40. The van der Waals surface area contributed by atoms with Crippen LogP contribution in [0.5, 0.6) is 0 Å². The van der Waals surface area contributed by atoms with Gasteiger partial charge < -0.3 is 15.5 Å². The Balaban J connectivity index is 1.96. The summed E-state index contributed by atoms with van der Waals surface area (Å²) in [6.07, 6.45) is 8.92. The minimum absolute atomic E-state index is 0.0213. The summed E-state index contributed by atoms with van der Waals surface area (Å²) in [5.74, 6) is 0.225. The van der Waals surface area contributed by atoms with Crippen LogP contribution in [0.2, 0.25) is 0 Å². The fraction of sp³-hybridized carbons (Fsp3) is 0.889. The highest BCUT2D eigenvalue weighted by molar-refractivity contribution is 5.92. The number of piperidine rings is 1. The fourth-order valence-corrected chi connectivity index (χ4v) is 3.68. The molecule has 2 rings (SSSR count). The average Bonchev–Trinajstić information content (AvgIpc) is 3.08. The van der Waals surface area contributed by atoms with Crippen molar-refractivity contribution >= 4 is 11.8 Å². The zero-order valence-corrected chi connectivity index (χ0v) is 14.8. The molecule has 23 heavy (non-hydrogen) atoms. The second-order valence-corrected chi connectivity index (χ2v) is 7.32. The molecule has 0 aromatic heterocycles. The number of unbranched alkanes of at least 4 members (excludes halogenated alkanes) is 2. The van der Waals surface area contributed by atoms with E-state index in [-0.39, 0.29) is 17.7 Å². The third-order valence-corrected chi connectivity index (χ3v) is 5.43. The van der Waals surface area contributed by atoms with Crippen molar-refractivity contribution in [2.75, 3.05) is 26.7 Å². The number of carbonyl (C=O) groups excluding carboxylic acids is 2. The molecule has 0 spiro atoms. The van der Waals surface area contributed by atoms with E-state index in [2.05, 4.69) is 29.5 Å². The predicted molar refractivity (Wildman–Crippen MR) is 92.1 cm³/mol. The van der Waals surface area contributed by atoms with Gasteiger partial charge in [0.05, 0.1) is 0 Å². The van der Waals surface area contributed by atoms with Gasteiger partial charge in [0, 0.05) is 25.6 Å². The van der Waals surface area contributed by atoms with E-state index < -0.39 is 5.54 Å². The number of likely N-dealkylation sites (tertiary alicyclic amines) is 1. The third kappa shape index (κ3) is 4.93. The molecule has 1 aliphatic heterocycles. The first-order valence-corrected chi connectivity index (χ1v) is 9.36. The van der Waals surface area contributed by atoms with Crippen molar-refractivity contribution in [1.29, 1.82) is 0 Å². The van der Waals surface area contributed by atoms with E-state index in [1.54, 1.807) is 0 Å². The maximum absolute atomic E-state index is 12.8. The van der Waals surface area contributed by atoms with Gasteiger partial charge >= 0.3 is 0 Å². The standard InChI is InChI=1S/C18H33N3O2/c1-3-4-7-12-19-17(23)18(10-13-21(2)14-11-18)20-16(22)15-8-5-6-9-15/h15H,3-14H2,1-2H3,(H,19,23)(H,20,22). The van der Waals surface area contributed by atoms with Crippen LogP contribution in [0.4, 0.5) is 0 Å². The van der Waals surface area contributed by atoms with Crippen molar-refractivity contribution in [1.82, 2.24) is 15.5 Å². The number of hydrogen-bond acceptors (Lipinski definition) is 3. The monoisotopic (exact) mass is 323 g/mol. The Morgan fingerprint density at radius 2 is 1.78 bits per heavy atom. The van der Waals surface area contributed by atoms with E-state index in [4.69, 9.17) is 0 Å². The number of hydrogen-bond donors (Lipinski definition) is 2. The summed E-state index contributed by atoms with van der Waals surface area (Å²) in [7, 11) is 2.07. The van der Waals surface area contributed by atoms with Crippen molar-refractivity contribution in [3.05, 3.63) is 0 Å². The normalized spacial score (nSPS) is 22.0. The number of nitrogens with one attached hydrogen (secondary N) is 2. The first-order valence-electron chi connectivity index (χ1n) is 9.36. The van der Waals surface area contributed by atoms with Crippen LogP contribution in [0.1, 0.15) is 64.7 Å². The summed E-state index contributed by atoms with van der Waals surface area (Å²) in [5.41, 5.74) is -0.696. The number of rotatable bonds is 7. The van der Waals surface area contributed by atoms with Crippen LogP contribution in [-0.2, 0) is 9.59 Å². The highest BCUT2D eigenvalue weighted by atomic mass is 16.2. The molecule has 0 aromatic carbocycles. The Labute approximate surface area is 140 Å². The molecule has 1 saturated heterocycles. The number of nitrogens with zero attached hydrogens (tertiary/aromatic N) is 1. The molecule has 2 amide bonds. The van der Waals surface area contributed by atoms with E-state index in [1.165, 1.54) is 0 Å². The van der Waals surface area contributed by atoms with Crippen LogP contribution in [0.3, 0.4) is 0 Å². The molecule has 2 fully saturated rings. The van der Waals surface area contributed by atoms with Gasteiger partial charge in [-0.15, -0.1) is 0 Å². The van der Waals surface area contributed by atoms with Gasteiger partial charge in [0.1, 0.15) is 5.54 Å². The van der Waals surface area contributed by atoms with E-state index in [1.807, 2.05) is 0 Å². The van der Waals surface area contributed by atoms with Crippen molar-refractivity contribution in [2.24, 2.45) is 5.92 Å². The summed E-state index contributed by atoms with van der Waals surface area (Å²) >= 11 is 0. The largest absolute Gasteiger partial charge is 0.354 e. The fourth-order valence-electron chi connectivity index (χ4n) is 3.68. The van der Waals surface area contributed by atoms with Gasteiger partial charge in [-0.05, 0) is 39.2 Å². The molecule has 0 bridgehead atoms. The molecule has 0 aromatic rings. The van der Waals surface area contributed by atoms with Gasteiger partial charge in [0.2, 0.25) is 11.8 Å². The Morgan fingerprint density at radius 3 is 2.39 bits per heavy atom. The molecule has 2 N–H and O–H groups in total. The van der Waals surface area contributed by atoms with Crippen LogP contribution in [0, 0.1) is 5.92 Å². The average molecular weight is 323 g/mol. The second-order valence-electron chi connectivity index (χ2n) is 7.32. The molecule has 5 heteroatoms. The minimum Gasteiger partial charge on any atom is -0.354 e. The summed E-state index contributed by atoms with van der Waals surface area (Å²) < 4.78 is 0. The maximum atomic E-state index is 12.8. The Bertz CT molecular complexity index is 397. The van der Waals surface area contributed by atoms with Crippen LogP contribution < -0.4 is 10.6 Å². The van der Waals surface area contributed by atoms with Crippen molar-refractivity contribution in [3.8, 4) is 0 Å². The van der Waals surface area contributed by atoms with Gasteiger partial charge in [-0.1, -0.05) is 32.6 Å². The first-order chi connectivity index (χ1) is 11.1. The smallest absolute Gasteiger partial charge is 0.245 e.